The number of esters is 1. The van der Waals surface area contributed by atoms with Crippen molar-refractivity contribution in [1.29, 1.82) is 0 Å². The number of amides is 1. The van der Waals surface area contributed by atoms with Crippen LogP contribution in [0.5, 0.6) is 0 Å². The van der Waals surface area contributed by atoms with E-state index in [4.69, 9.17) is 27.9 Å². The molecule has 8 heteroatoms. The van der Waals surface area contributed by atoms with Gasteiger partial charge in [-0.25, -0.2) is 4.98 Å². The zero-order chi connectivity index (χ0) is 18.1. The molecule has 1 N–H and O–H groups in total. The SMILES string of the molecule is O=C(COC(=O)CCCSc1ccc(Cl)cc1)Nc1cccnc1Cl. The maximum Gasteiger partial charge on any atom is 0.306 e. The molecule has 0 saturated carbocycles. The van der Waals surface area contributed by atoms with E-state index in [9.17, 15) is 9.59 Å². The molecule has 132 valence electrons. The van der Waals surface area contributed by atoms with Crippen LogP contribution in [0.2, 0.25) is 10.2 Å². The third-order valence-corrected chi connectivity index (χ3v) is 4.66. The van der Waals surface area contributed by atoms with Crippen molar-refractivity contribution in [3.63, 3.8) is 0 Å². The van der Waals surface area contributed by atoms with E-state index in [2.05, 4.69) is 10.3 Å². The summed E-state index contributed by atoms with van der Waals surface area (Å²) >= 11 is 13.3. The first kappa shape index (κ1) is 19.6. The molecule has 0 bridgehead atoms. The van der Waals surface area contributed by atoms with Gasteiger partial charge in [0.15, 0.2) is 11.8 Å². The van der Waals surface area contributed by atoms with Gasteiger partial charge in [0.05, 0.1) is 5.69 Å². The molecular formula is C17H16Cl2N2O3S. The topological polar surface area (TPSA) is 68.3 Å². The van der Waals surface area contributed by atoms with Gasteiger partial charge in [0.25, 0.3) is 5.91 Å². The summed E-state index contributed by atoms with van der Waals surface area (Å²) in [6, 6.07) is 10.8. The summed E-state index contributed by atoms with van der Waals surface area (Å²) in [5.41, 5.74) is 0.379. The highest BCUT2D eigenvalue weighted by Gasteiger charge is 2.09. The highest BCUT2D eigenvalue weighted by molar-refractivity contribution is 7.99. The van der Waals surface area contributed by atoms with Crippen LogP contribution >= 0.6 is 35.0 Å². The summed E-state index contributed by atoms with van der Waals surface area (Å²) in [5.74, 6) is -0.100. The van der Waals surface area contributed by atoms with Crippen LogP contribution in [0, 0.1) is 0 Å². The molecule has 25 heavy (non-hydrogen) atoms. The lowest BCUT2D eigenvalue weighted by atomic mass is 10.3. The first-order valence-corrected chi connectivity index (χ1v) is 9.23. The lowest BCUT2D eigenvalue weighted by Crippen LogP contribution is -2.21. The third kappa shape index (κ3) is 7.34. The van der Waals surface area contributed by atoms with Gasteiger partial charge in [0.2, 0.25) is 0 Å². The van der Waals surface area contributed by atoms with E-state index in [1.807, 2.05) is 24.3 Å². The number of thioether (sulfide) groups is 1. The zero-order valence-corrected chi connectivity index (χ0v) is 15.5. The Morgan fingerprint density at radius 3 is 2.64 bits per heavy atom. The lowest BCUT2D eigenvalue weighted by Gasteiger charge is -2.07. The maximum atomic E-state index is 11.7. The number of carbonyl (C=O) groups is 2. The van der Waals surface area contributed by atoms with Crippen LogP contribution in [-0.4, -0.2) is 29.2 Å². The van der Waals surface area contributed by atoms with Gasteiger partial charge in [-0.1, -0.05) is 23.2 Å². The number of ether oxygens (including phenoxy) is 1. The first-order valence-electron chi connectivity index (χ1n) is 7.49. The molecule has 0 aliphatic carbocycles. The number of hydrogen-bond acceptors (Lipinski definition) is 5. The second-order valence-corrected chi connectivity index (χ2v) is 6.92. The van der Waals surface area contributed by atoms with E-state index in [-0.39, 0.29) is 18.2 Å². The van der Waals surface area contributed by atoms with Crippen molar-refractivity contribution in [3.8, 4) is 0 Å². The van der Waals surface area contributed by atoms with Crippen LogP contribution in [0.3, 0.4) is 0 Å². The van der Waals surface area contributed by atoms with Crippen LogP contribution in [0.15, 0.2) is 47.5 Å². The molecule has 2 rings (SSSR count). The molecule has 5 nitrogen and oxygen atoms in total. The van der Waals surface area contributed by atoms with Gasteiger partial charge in [0, 0.05) is 22.5 Å². The second kappa shape index (κ2) is 10.3. The number of nitrogens with one attached hydrogen (secondary N) is 1. The molecule has 1 aromatic heterocycles. The number of hydrogen-bond donors (Lipinski definition) is 1. The van der Waals surface area contributed by atoms with Crippen molar-refractivity contribution < 1.29 is 14.3 Å². The maximum absolute atomic E-state index is 11.7. The molecular weight excluding hydrogens is 383 g/mol. The number of carbonyl (C=O) groups excluding carboxylic acids is 2. The van der Waals surface area contributed by atoms with Gasteiger partial charge in [-0.2, -0.15) is 0 Å². The Labute approximate surface area is 160 Å². The fourth-order valence-electron chi connectivity index (χ4n) is 1.82. The highest BCUT2D eigenvalue weighted by atomic mass is 35.5. The molecule has 0 saturated heterocycles. The molecule has 1 amide bonds. The van der Waals surface area contributed by atoms with Gasteiger partial charge in [-0.05, 0) is 48.6 Å². The highest BCUT2D eigenvalue weighted by Crippen LogP contribution is 2.21. The van der Waals surface area contributed by atoms with Crippen molar-refractivity contribution in [1.82, 2.24) is 4.98 Å². The second-order valence-electron chi connectivity index (χ2n) is 4.96. The molecule has 1 aromatic carbocycles. The lowest BCUT2D eigenvalue weighted by molar-refractivity contribution is -0.147. The summed E-state index contributed by atoms with van der Waals surface area (Å²) in [6.45, 7) is -0.353. The van der Waals surface area contributed by atoms with Crippen molar-refractivity contribution in [2.24, 2.45) is 0 Å². The summed E-state index contributed by atoms with van der Waals surface area (Å²) in [5, 5.41) is 3.41. The molecule has 0 spiro atoms. The van der Waals surface area contributed by atoms with Gasteiger partial charge >= 0.3 is 5.97 Å². The standard InChI is InChI=1S/C17H16Cl2N2O3S/c18-12-5-7-13(8-6-12)25-10-2-4-16(23)24-11-15(22)21-14-3-1-9-20-17(14)19/h1,3,5-9H,2,4,10-11H2,(H,21,22). The number of benzene rings is 1. The van der Waals surface area contributed by atoms with Gasteiger partial charge < -0.3 is 10.1 Å². The average Bonchev–Trinajstić information content (AvgIpc) is 2.60. The largest absolute Gasteiger partial charge is 0.456 e. The molecule has 0 unspecified atom stereocenters. The number of anilines is 1. The van der Waals surface area contributed by atoms with Crippen molar-refractivity contribution in [3.05, 3.63) is 52.8 Å². The predicted octanol–water partition coefficient (Wildman–Crippen LogP) is 4.44. The Balaban J connectivity index is 1.61. The van der Waals surface area contributed by atoms with Crippen molar-refractivity contribution >= 4 is 52.5 Å². The minimum absolute atomic E-state index is 0.182. The predicted molar refractivity (Wildman–Crippen MR) is 100 cm³/mol. The van der Waals surface area contributed by atoms with E-state index in [1.165, 1.54) is 6.20 Å². The van der Waals surface area contributed by atoms with Crippen molar-refractivity contribution in [2.75, 3.05) is 17.7 Å². The Morgan fingerprint density at radius 2 is 1.92 bits per heavy atom. The van der Waals surface area contributed by atoms with E-state index < -0.39 is 11.9 Å². The van der Waals surface area contributed by atoms with E-state index in [0.29, 0.717) is 17.1 Å². The molecule has 2 aromatic rings. The number of nitrogens with zero attached hydrogens (tertiary/aromatic N) is 1. The molecule has 0 aliphatic rings. The fourth-order valence-corrected chi connectivity index (χ4v) is 2.97. The number of rotatable bonds is 8. The summed E-state index contributed by atoms with van der Waals surface area (Å²) < 4.78 is 4.94. The quantitative estimate of drug-likeness (QED) is 0.308. The summed E-state index contributed by atoms with van der Waals surface area (Å²) in [7, 11) is 0. The number of halogens is 2. The average molecular weight is 399 g/mol. The van der Waals surface area contributed by atoms with Gasteiger partial charge in [-0.3, -0.25) is 9.59 Å². The van der Waals surface area contributed by atoms with Crippen LogP contribution in [0.1, 0.15) is 12.8 Å². The smallest absolute Gasteiger partial charge is 0.306 e. The Kier molecular flexibility index (Phi) is 8.04. The minimum atomic E-state index is -0.459. The molecule has 0 fully saturated rings. The monoisotopic (exact) mass is 398 g/mol. The molecule has 1 heterocycles. The summed E-state index contributed by atoms with van der Waals surface area (Å²) in [6.07, 6.45) is 2.42. The Bertz CT molecular complexity index is 726. The van der Waals surface area contributed by atoms with E-state index in [1.54, 1.807) is 23.9 Å². The normalized spacial score (nSPS) is 10.3. The first-order chi connectivity index (χ1) is 12.0. The fraction of sp³-hybridized carbons (Fsp3) is 0.235. The minimum Gasteiger partial charge on any atom is -0.456 e. The Hall–Kier alpha value is -1.76. The number of pyridine rings is 1. The van der Waals surface area contributed by atoms with Crippen LogP contribution < -0.4 is 5.32 Å². The molecule has 0 atom stereocenters. The van der Waals surface area contributed by atoms with Gasteiger partial charge in [-0.15, -0.1) is 11.8 Å². The van der Waals surface area contributed by atoms with E-state index in [0.717, 1.165) is 10.6 Å². The zero-order valence-electron chi connectivity index (χ0n) is 13.2. The van der Waals surface area contributed by atoms with Crippen LogP contribution in [0.4, 0.5) is 5.69 Å². The van der Waals surface area contributed by atoms with E-state index >= 15 is 0 Å². The molecule has 0 radical (unpaired) electrons. The molecule has 0 aliphatic heterocycles. The Morgan fingerprint density at radius 1 is 1.16 bits per heavy atom. The number of aromatic nitrogens is 1. The van der Waals surface area contributed by atoms with Crippen LogP contribution in [-0.2, 0) is 14.3 Å². The van der Waals surface area contributed by atoms with Gasteiger partial charge in [0.1, 0.15) is 0 Å². The van der Waals surface area contributed by atoms with Crippen molar-refractivity contribution in [2.45, 2.75) is 17.7 Å². The summed E-state index contributed by atoms with van der Waals surface area (Å²) in [4.78, 5) is 28.3. The third-order valence-electron chi connectivity index (χ3n) is 3.01. The van der Waals surface area contributed by atoms with Crippen LogP contribution in [0.25, 0.3) is 0 Å².